The van der Waals surface area contributed by atoms with E-state index in [0.29, 0.717) is 0 Å². The average Bonchev–Trinajstić information content (AvgIpc) is 2.27. The summed E-state index contributed by atoms with van der Waals surface area (Å²) in [7, 11) is 0. The lowest BCUT2D eigenvalue weighted by molar-refractivity contribution is -0.219. The maximum atomic E-state index is 11.0. The van der Waals surface area contributed by atoms with Crippen LogP contribution in [-0.2, 0) is 23.8 Å². The molecule has 6 nitrogen and oxygen atoms in total. The minimum atomic E-state index is -0.835. The Bertz CT molecular complexity index is 316. The van der Waals surface area contributed by atoms with Crippen LogP contribution in [0.15, 0.2) is 0 Å². The minimum absolute atomic E-state index is 0.0403. The van der Waals surface area contributed by atoms with Gasteiger partial charge < -0.3 is 19.3 Å². The van der Waals surface area contributed by atoms with E-state index in [2.05, 4.69) is 0 Å². The molecule has 5 atom stereocenters. The second-order valence-electron chi connectivity index (χ2n) is 4.61. The van der Waals surface area contributed by atoms with Crippen LogP contribution < -0.4 is 0 Å². The molecule has 1 aliphatic heterocycles. The van der Waals surface area contributed by atoms with Crippen LogP contribution in [0.4, 0.5) is 0 Å². The van der Waals surface area contributed by atoms with Gasteiger partial charge in [-0.2, -0.15) is 0 Å². The van der Waals surface area contributed by atoms with Crippen LogP contribution in [0.25, 0.3) is 0 Å². The molecule has 1 rings (SSSR count). The lowest BCUT2D eigenvalue weighted by Gasteiger charge is -2.41. The van der Waals surface area contributed by atoms with Crippen LogP contribution in [0.5, 0.6) is 0 Å². The van der Waals surface area contributed by atoms with Gasteiger partial charge in [0, 0.05) is 19.8 Å². The summed E-state index contributed by atoms with van der Waals surface area (Å²) in [6, 6.07) is 0. The number of carbonyl (C=O) groups is 2. The highest BCUT2D eigenvalue weighted by Gasteiger charge is 2.43. The normalized spacial score (nSPS) is 35.9. The van der Waals surface area contributed by atoms with Crippen molar-refractivity contribution in [2.75, 3.05) is 6.61 Å². The van der Waals surface area contributed by atoms with E-state index < -0.39 is 30.3 Å². The fourth-order valence-electron chi connectivity index (χ4n) is 1.94. The van der Waals surface area contributed by atoms with Crippen LogP contribution in [-0.4, -0.2) is 48.1 Å². The van der Waals surface area contributed by atoms with Crippen LogP contribution in [0.2, 0.25) is 0 Å². The molecule has 0 aliphatic carbocycles. The molecule has 0 aromatic rings. The zero-order chi connectivity index (χ0) is 13.9. The maximum absolute atomic E-state index is 11.0. The van der Waals surface area contributed by atoms with Crippen LogP contribution in [0.3, 0.4) is 0 Å². The van der Waals surface area contributed by atoms with E-state index in [4.69, 9.17) is 14.2 Å². The molecule has 1 aliphatic rings. The lowest BCUT2D eigenvalue weighted by atomic mass is 9.89. The molecule has 18 heavy (non-hydrogen) atoms. The number of aliphatic hydroxyl groups excluding tert-OH is 1. The van der Waals surface area contributed by atoms with E-state index in [9.17, 15) is 14.7 Å². The van der Waals surface area contributed by atoms with Gasteiger partial charge >= 0.3 is 11.9 Å². The summed E-state index contributed by atoms with van der Waals surface area (Å²) in [6.07, 6.45) is -2.49. The van der Waals surface area contributed by atoms with Gasteiger partial charge in [0.25, 0.3) is 0 Å². The largest absolute Gasteiger partial charge is 0.463 e. The van der Waals surface area contributed by atoms with Gasteiger partial charge in [-0.15, -0.1) is 0 Å². The Morgan fingerprint density at radius 1 is 1.22 bits per heavy atom. The molecule has 0 spiro atoms. The highest BCUT2D eigenvalue weighted by atomic mass is 16.6. The van der Waals surface area contributed by atoms with Crippen LogP contribution in [0.1, 0.15) is 27.7 Å². The molecular formula is C12H20O6. The van der Waals surface area contributed by atoms with Gasteiger partial charge in [0.1, 0.15) is 12.7 Å². The first kappa shape index (κ1) is 14.9. The Morgan fingerprint density at radius 2 is 1.83 bits per heavy atom. The van der Waals surface area contributed by atoms with Crippen molar-refractivity contribution < 1.29 is 28.9 Å². The van der Waals surface area contributed by atoms with Gasteiger partial charge in [0.15, 0.2) is 6.10 Å². The summed E-state index contributed by atoms with van der Waals surface area (Å²) in [5.74, 6) is -1.11. The third kappa shape index (κ3) is 3.68. The number of rotatable bonds is 3. The summed E-state index contributed by atoms with van der Waals surface area (Å²) in [5, 5.41) is 10.1. The van der Waals surface area contributed by atoms with E-state index in [1.54, 1.807) is 0 Å². The van der Waals surface area contributed by atoms with E-state index >= 15 is 0 Å². The molecule has 104 valence electrons. The third-order valence-corrected chi connectivity index (χ3v) is 3.12. The standard InChI is InChI=1S/C12H20O6/c1-6-7(2)17-10(5-16-8(3)13)12(11(6)15)18-9(4)14/h6-7,10-12,15H,5H2,1-4H3. The Kier molecular flexibility index (Phi) is 5.10. The zero-order valence-electron chi connectivity index (χ0n) is 11.1. The van der Waals surface area contributed by atoms with Gasteiger partial charge in [-0.05, 0) is 6.92 Å². The van der Waals surface area contributed by atoms with E-state index in [1.165, 1.54) is 13.8 Å². The van der Waals surface area contributed by atoms with Crippen molar-refractivity contribution in [3.05, 3.63) is 0 Å². The number of aliphatic hydroxyl groups is 1. The highest BCUT2D eigenvalue weighted by Crippen LogP contribution is 2.28. The van der Waals surface area contributed by atoms with Crippen molar-refractivity contribution in [1.29, 1.82) is 0 Å². The number of hydrogen-bond donors (Lipinski definition) is 1. The van der Waals surface area contributed by atoms with Crippen LogP contribution >= 0.6 is 0 Å². The molecule has 5 unspecified atom stereocenters. The molecule has 0 amide bonds. The fourth-order valence-corrected chi connectivity index (χ4v) is 1.94. The monoisotopic (exact) mass is 260 g/mol. The zero-order valence-corrected chi connectivity index (χ0v) is 11.1. The number of carbonyl (C=O) groups excluding carboxylic acids is 2. The first-order valence-electron chi connectivity index (χ1n) is 5.97. The molecule has 1 N–H and O–H groups in total. The van der Waals surface area contributed by atoms with E-state index in [1.807, 2.05) is 13.8 Å². The van der Waals surface area contributed by atoms with E-state index in [0.717, 1.165) is 0 Å². The predicted molar refractivity (Wildman–Crippen MR) is 61.7 cm³/mol. The summed E-state index contributed by atoms with van der Waals surface area (Å²) in [4.78, 5) is 21.8. The summed E-state index contributed by atoms with van der Waals surface area (Å²) in [5.41, 5.74) is 0. The topological polar surface area (TPSA) is 82.1 Å². The molecule has 1 fully saturated rings. The summed E-state index contributed by atoms with van der Waals surface area (Å²) >= 11 is 0. The molecule has 1 saturated heterocycles. The highest BCUT2D eigenvalue weighted by molar-refractivity contribution is 5.66. The first-order chi connectivity index (χ1) is 8.32. The molecule has 0 aromatic carbocycles. The fraction of sp³-hybridized carbons (Fsp3) is 0.833. The number of esters is 2. The summed E-state index contributed by atoms with van der Waals surface area (Å²) < 4.78 is 15.5. The quantitative estimate of drug-likeness (QED) is 0.733. The van der Waals surface area contributed by atoms with Gasteiger partial charge in [-0.25, -0.2) is 0 Å². The van der Waals surface area contributed by atoms with Gasteiger partial charge in [-0.1, -0.05) is 6.92 Å². The molecule has 0 aromatic heterocycles. The van der Waals surface area contributed by atoms with E-state index in [-0.39, 0.29) is 18.6 Å². The van der Waals surface area contributed by atoms with Gasteiger partial charge in [0.05, 0.1) is 12.2 Å². The van der Waals surface area contributed by atoms with Gasteiger partial charge in [0.2, 0.25) is 0 Å². The SMILES string of the molecule is CC(=O)OCC1OC(C)C(C)C(O)C1OC(C)=O. The molecule has 0 radical (unpaired) electrons. The maximum Gasteiger partial charge on any atom is 0.303 e. The van der Waals surface area contributed by atoms with Crippen molar-refractivity contribution in [3.8, 4) is 0 Å². The molecule has 6 heteroatoms. The van der Waals surface area contributed by atoms with Crippen molar-refractivity contribution in [1.82, 2.24) is 0 Å². The van der Waals surface area contributed by atoms with Crippen molar-refractivity contribution >= 4 is 11.9 Å². The minimum Gasteiger partial charge on any atom is -0.463 e. The lowest BCUT2D eigenvalue weighted by Crippen LogP contribution is -2.55. The number of ether oxygens (including phenoxy) is 3. The Balaban J connectivity index is 2.75. The first-order valence-corrected chi connectivity index (χ1v) is 5.97. The summed E-state index contributed by atoms with van der Waals surface area (Å²) in [6.45, 7) is 6.14. The third-order valence-electron chi connectivity index (χ3n) is 3.12. The van der Waals surface area contributed by atoms with Crippen molar-refractivity contribution in [3.63, 3.8) is 0 Å². The van der Waals surface area contributed by atoms with Crippen LogP contribution in [0, 0.1) is 5.92 Å². The second kappa shape index (κ2) is 6.15. The smallest absolute Gasteiger partial charge is 0.303 e. The molecule has 0 saturated carbocycles. The predicted octanol–water partition coefficient (Wildman–Crippen LogP) is 0.265. The number of hydrogen-bond acceptors (Lipinski definition) is 6. The molecular weight excluding hydrogens is 240 g/mol. The second-order valence-corrected chi connectivity index (χ2v) is 4.61. The Morgan fingerprint density at radius 3 is 2.33 bits per heavy atom. The molecule has 1 heterocycles. The van der Waals surface area contributed by atoms with Crippen molar-refractivity contribution in [2.45, 2.75) is 52.1 Å². The average molecular weight is 260 g/mol. The van der Waals surface area contributed by atoms with Gasteiger partial charge in [-0.3, -0.25) is 9.59 Å². The van der Waals surface area contributed by atoms with Crippen molar-refractivity contribution in [2.24, 2.45) is 5.92 Å². The molecule has 0 bridgehead atoms. The Labute approximate surface area is 106 Å². The Hall–Kier alpha value is -1.14.